The molecular weight excluding hydrogens is 254 g/mol. The average Bonchev–Trinajstić information content (AvgIpc) is 2.75. The molecule has 0 aliphatic heterocycles. The molecule has 0 saturated carbocycles. The fraction of sp³-hybridized carbons (Fsp3) is 0.182. The van der Waals surface area contributed by atoms with Crippen molar-refractivity contribution in [1.82, 2.24) is 20.1 Å². The summed E-state index contributed by atoms with van der Waals surface area (Å²) < 4.78 is 1.56. The van der Waals surface area contributed by atoms with Crippen LogP contribution >= 0.6 is 11.6 Å². The zero-order valence-corrected chi connectivity index (χ0v) is 10.5. The molecule has 0 spiro atoms. The van der Waals surface area contributed by atoms with E-state index >= 15 is 0 Å². The number of nitrogens with zero attached hydrogens (tertiary/aromatic N) is 3. The van der Waals surface area contributed by atoms with Crippen LogP contribution in [0.2, 0.25) is 5.02 Å². The van der Waals surface area contributed by atoms with Crippen molar-refractivity contribution in [3.05, 3.63) is 40.9 Å². The highest BCUT2D eigenvalue weighted by Crippen LogP contribution is 2.17. The Labute approximate surface area is 109 Å². The minimum atomic E-state index is -0.303. The lowest BCUT2D eigenvalue weighted by molar-refractivity contribution is 0.0950. The second kappa shape index (κ2) is 5.05. The molecule has 0 aliphatic carbocycles. The quantitative estimate of drug-likeness (QED) is 0.810. The first-order valence-electron chi connectivity index (χ1n) is 5.24. The van der Waals surface area contributed by atoms with E-state index in [1.807, 2.05) is 0 Å². The van der Waals surface area contributed by atoms with Crippen molar-refractivity contribution in [3.8, 4) is 0 Å². The molecule has 0 bridgehead atoms. The van der Waals surface area contributed by atoms with Crippen molar-refractivity contribution >= 4 is 23.2 Å². The van der Waals surface area contributed by atoms with Crippen molar-refractivity contribution in [2.45, 2.75) is 6.54 Å². The van der Waals surface area contributed by atoms with Crippen molar-refractivity contribution < 1.29 is 4.79 Å². The number of amides is 1. The Morgan fingerprint density at radius 3 is 3.00 bits per heavy atom. The number of nitrogens with one attached hydrogen (secondary N) is 1. The third-order valence-electron chi connectivity index (χ3n) is 2.31. The van der Waals surface area contributed by atoms with Crippen LogP contribution in [-0.2, 0) is 13.6 Å². The number of aromatic nitrogens is 3. The fourth-order valence-electron chi connectivity index (χ4n) is 1.44. The third-order valence-corrected chi connectivity index (χ3v) is 2.55. The summed E-state index contributed by atoms with van der Waals surface area (Å²) in [6, 6.07) is 4.75. The second-order valence-corrected chi connectivity index (χ2v) is 4.19. The summed E-state index contributed by atoms with van der Waals surface area (Å²) in [5.41, 5.74) is 6.43. The van der Waals surface area contributed by atoms with Crippen LogP contribution in [-0.4, -0.2) is 20.7 Å². The Kier molecular flexibility index (Phi) is 3.47. The molecule has 0 saturated heterocycles. The molecule has 2 rings (SSSR count). The minimum absolute atomic E-state index is 0.242. The van der Waals surface area contributed by atoms with E-state index in [1.54, 1.807) is 30.2 Å². The van der Waals surface area contributed by atoms with Crippen LogP contribution in [0.4, 0.5) is 5.69 Å². The van der Waals surface area contributed by atoms with Crippen LogP contribution in [0.25, 0.3) is 0 Å². The standard InChI is InChI=1S/C11H12ClN5O/c1-17-6-15-10(16-17)5-14-11(18)8-4-7(12)2-3-9(8)13/h2-4,6H,5,13H2,1H3,(H,14,18). The van der Waals surface area contributed by atoms with E-state index in [0.717, 1.165) is 0 Å². The molecule has 3 N–H and O–H groups in total. The topological polar surface area (TPSA) is 85.8 Å². The maximum atomic E-state index is 11.9. The van der Waals surface area contributed by atoms with Crippen molar-refractivity contribution in [2.24, 2.45) is 7.05 Å². The molecule has 1 heterocycles. The van der Waals surface area contributed by atoms with Gasteiger partial charge in [-0.1, -0.05) is 11.6 Å². The van der Waals surface area contributed by atoms with Crippen molar-refractivity contribution in [3.63, 3.8) is 0 Å². The molecular formula is C11H12ClN5O. The predicted molar refractivity (Wildman–Crippen MR) is 68.0 cm³/mol. The van der Waals surface area contributed by atoms with E-state index < -0.39 is 0 Å². The number of carbonyl (C=O) groups is 1. The van der Waals surface area contributed by atoms with Gasteiger partial charge in [0, 0.05) is 17.8 Å². The molecule has 94 valence electrons. The highest BCUT2D eigenvalue weighted by molar-refractivity contribution is 6.31. The zero-order valence-electron chi connectivity index (χ0n) is 9.72. The number of carbonyl (C=O) groups excluding carboxylic acids is 1. The monoisotopic (exact) mass is 265 g/mol. The first kappa shape index (κ1) is 12.4. The van der Waals surface area contributed by atoms with Crippen LogP contribution in [0.3, 0.4) is 0 Å². The maximum absolute atomic E-state index is 11.9. The lowest BCUT2D eigenvalue weighted by Crippen LogP contribution is -2.24. The molecule has 6 nitrogen and oxygen atoms in total. The summed E-state index contributed by atoms with van der Waals surface area (Å²) >= 11 is 5.82. The van der Waals surface area contributed by atoms with Gasteiger partial charge >= 0.3 is 0 Å². The van der Waals surface area contributed by atoms with Crippen LogP contribution in [0.1, 0.15) is 16.2 Å². The Morgan fingerprint density at radius 2 is 2.33 bits per heavy atom. The normalized spacial score (nSPS) is 10.3. The number of hydrogen-bond acceptors (Lipinski definition) is 4. The van der Waals surface area contributed by atoms with Crippen LogP contribution < -0.4 is 11.1 Å². The smallest absolute Gasteiger partial charge is 0.253 e. The summed E-state index contributed by atoms with van der Waals surface area (Å²) in [5, 5.41) is 7.19. The Bertz CT molecular complexity index is 581. The van der Waals surface area contributed by atoms with Crippen LogP contribution in [0, 0.1) is 0 Å². The van der Waals surface area contributed by atoms with E-state index in [9.17, 15) is 4.79 Å². The van der Waals surface area contributed by atoms with Crippen molar-refractivity contribution in [1.29, 1.82) is 0 Å². The molecule has 1 amide bonds. The van der Waals surface area contributed by atoms with E-state index in [4.69, 9.17) is 17.3 Å². The molecule has 7 heteroatoms. The molecule has 1 aromatic heterocycles. The number of nitrogens with two attached hydrogens (primary N) is 1. The highest BCUT2D eigenvalue weighted by Gasteiger charge is 2.10. The molecule has 0 fully saturated rings. The van der Waals surface area contributed by atoms with E-state index in [1.165, 1.54) is 6.07 Å². The van der Waals surface area contributed by atoms with Crippen molar-refractivity contribution in [2.75, 3.05) is 5.73 Å². The van der Waals surface area contributed by atoms with E-state index in [-0.39, 0.29) is 12.5 Å². The number of halogens is 1. The summed E-state index contributed by atoms with van der Waals surface area (Å²) in [6.45, 7) is 0.242. The molecule has 1 aromatic carbocycles. The number of anilines is 1. The second-order valence-electron chi connectivity index (χ2n) is 3.75. The number of benzene rings is 1. The van der Waals surface area contributed by atoms with Gasteiger partial charge in [0.15, 0.2) is 5.82 Å². The Morgan fingerprint density at radius 1 is 1.56 bits per heavy atom. The molecule has 0 unspecified atom stereocenters. The summed E-state index contributed by atoms with van der Waals surface area (Å²) in [5.74, 6) is 0.230. The first-order valence-corrected chi connectivity index (χ1v) is 5.62. The number of aryl methyl sites for hydroxylation is 1. The molecule has 0 aliphatic rings. The Balaban J connectivity index is 2.05. The van der Waals surface area contributed by atoms with Gasteiger partial charge in [-0.2, -0.15) is 5.10 Å². The minimum Gasteiger partial charge on any atom is -0.398 e. The number of rotatable bonds is 3. The lowest BCUT2D eigenvalue weighted by Gasteiger charge is -2.06. The number of hydrogen-bond donors (Lipinski definition) is 2. The van der Waals surface area contributed by atoms with E-state index in [2.05, 4.69) is 15.4 Å². The van der Waals surface area contributed by atoms with Gasteiger partial charge in [-0.3, -0.25) is 9.48 Å². The lowest BCUT2D eigenvalue weighted by atomic mass is 10.1. The van der Waals surface area contributed by atoms with Gasteiger partial charge in [0.25, 0.3) is 5.91 Å². The van der Waals surface area contributed by atoms with Crippen LogP contribution in [0.5, 0.6) is 0 Å². The molecule has 0 atom stereocenters. The summed E-state index contributed by atoms with van der Waals surface area (Å²) in [6.07, 6.45) is 1.56. The largest absolute Gasteiger partial charge is 0.398 e. The summed E-state index contributed by atoms with van der Waals surface area (Å²) in [4.78, 5) is 15.9. The Hall–Kier alpha value is -2.08. The van der Waals surface area contributed by atoms with Crippen LogP contribution in [0.15, 0.2) is 24.5 Å². The van der Waals surface area contributed by atoms with Gasteiger partial charge < -0.3 is 11.1 Å². The van der Waals surface area contributed by atoms with Gasteiger partial charge in [-0.05, 0) is 18.2 Å². The molecule has 18 heavy (non-hydrogen) atoms. The van der Waals surface area contributed by atoms with Gasteiger partial charge in [-0.25, -0.2) is 4.98 Å². The first-order chi connectivity index (χ1) is 8.56. The fourth-order valence-corrected chi connectivity index (χ4v) is 1.62. The predicted octanol–water partition coefficient (Wildman–Crippen LogP) is 0.981. The number of nitrogen functional groups attached to an aromatic ring is 1. The highest BCUT2D eigenvalue weighted by atomic mass is 35.5. The van der Waals surface area contributed by atoms with Gasteiger partial charge in [0.1, 0.15) is 6.33 Å². The van der Waals surface area contributed by atoms with E-state index in [0.29, 0.717) is 22.1 Å². The maximum Gasteiger partial charge on any atom is 0.253 e. The average molecular weight is 266 g/mol. The SMILES string of the molecule is Cn1cnc(CNC(=O)c2cc(Cl)ccc2N)n1. The molecule has 2 aromatic rings. The zero-order chi connectivity index (χ0) is 13.1. The van der Waals surface area contributed by atoms with Gasteiger partial charge in [0.2, 0.25) is 0 Å². The van der Waals surface area contributed by atoms with Gasteiger partial charge in [0.05, 0.1) is 12.1 Å². The molecule has 0 radical (unpaired) electrons. The third kappa shape index (κ3) is 2.78. The summed E-state index contributed by atoms with van der Waals surface area (Å²) in [7, 11) is 1.76. The van der Waals surface area contributed by atoms with Gasteiger partial charge in [-0.15, -0.1) is 0 Å².